The molecule has 0 unspecified atom stereocenters. The summed E-state index contributed by atoms with van der Waals surface area (Å²) in [4.78, 5) is 7.71. The molecular formula is C90H66BN3Si2. The summed E-state index contributed by atoms with van der Waals surface area (Å²) in [5.74, 6) is 0. The summed E-state index contributed by atoms with van der Waals surface area (Å²) in [6.07, 6.45) is 0. The Labute approximate surface area is 565 Å². The van der Waals surface area contributed by atoms with Crippen molar-refractivity contribution in [3.05, 3.63) is 400 Å². The fourth-order valence-corrected chi connectivity index (χ4v) is 25.3. The highest BCUT2D eigenvalue weighted by Crippen LogP contribution is 2.49. The maximum Gasteiger partial charge on any atom is 0.252 e. The van der Waals surface area contributed by atoms with Crippen LogP contribution in [0.15, 0.2) is 400 Å². The Hall–Kier alpha value is -11.8. The minimum Gasteiger partial charge on any atom is -0.311 e. The van der Waals surface area contributed by atoms with Crippen LogP contribution in [0.2, 0.25) is 0 Å². The van der Waals surface area contributed by atoms with Crippen LogP contribution in [0.5, 0.6) is 0 Å². The molecule has 0 atom stereocenters. The maximum atomic E-state index is 2.64. The van der Waals surface area contributed by atoms with Crippen molar-refractivity contribution in [3.8, 4) is 22.3 Å². The van der Waals surface area contributed by atoms with Crippen LogP contribution < -0.4 is 72.6 Å². The van der Waals surface area contributed by atoms with E-state index in [1.54, 1.807) is 0 Å². The first-order chi connectivity index (χ1) is 47.6. The predicted octanol–water partition coefficient (Wildman–Crippen LogP) is 15.3. The van der Waals surface area contributed by atoms with Gasteiger partial charge in [-0.3, -0.25) is 0 Å². The summed E-state index contributed by atoms with van der Waals surface area (Å²) in [5, 5.41) is 10.6. The Morgan fingerprint density at radius 2 is 0.552 bits per heavy atom. The number of anilines is 9. The van der Waals surface area contributed by atoms with Gasteiger partial charge >= 0.3 is 0 Å². The lowest BCUT2D eigenvalue weighted by Gasteiger charge is -2.46. The van der Waals surface area contributed by atoms with Crippen molar-refractivity contribution in [1.82, 2.24) is 0 Å². The molecule has 2 aliphatic heterocycles. The SMILES string of the molecule is c1ccc(-c2cccc(N3c4cc([Si](c5ccccc5)(c5ccccc5)c5ccccc5)ccc4B4c5cc(-c6ccccc6)ccc5N(c5cccc([Si](c6ccccc6)(c6ccccc6)c6ccccc6)c5)c5cc(N(c6ccccc6)c6ccccc6)cc3c54)c2)cc1. The summed E-state index contributed by atoms with van der Waals surface area (Å²) < 4.78 is 0. The number of para-hydroxylation sites is 2. The van der Waals surface area contributed by atoms with E-state index in [0.717, 1.165) is 62.3 Å². The first-order valence-corrected chi connectivity index (χ1v) is 37.3. The standard InChI is InChI=1S/C90H66BN3Si2/c1-11-33-67(34-12-1)69-37-31-42-73(61-69)94-87-66-83(96(79-50-25-8-26-51-79,80-52-27-9-28-53-80)81-54-29-10-30-55-81)58-59-84(87)91-85-62-70(68-35-13-2-14-36-68)57-60-86(85)93(88-64-75(65-89(94)90(88)91)92(71-38-15-3-16-39-71)72-40-17-4-18-41-72)74-43-32-56-82(63-74)95(76-44-19-5-20-45-76,77-46-21-6-22-47-77)78-48-23-7-24-49-78/h1-66H. The average molecular weight is 1260 g/mol. The molecule has 2 aliphatic rings. The van der Waals surface area contributed by atoms with Gasteiger partial charge in [-0.15, -0.1) is 0 Å². The Bertz CT molecular complexity index is 5000. The predicted molar refractivity (Wildman–Crippen MR) is 413 cm³/mol. The number of hydrogen-bond donors (Lipinski definition) is 0. The monoisotopic (exact) mass is 1260 g/mol. The molecule has 96 heavy (non-hydrogen) atoms. The molecule has 3 nitrogen and oxygen atoms in total. The number of nitrogens with zero attached hydrogens (tertiary/aromatic N) is 3. The van der Waals surface area contributed by atoms with E-state index < -0.39 is 16.1 Å². The Balaban J connectivity index is 1.01. The molecule has 0 aliphatic carbocycles. The van der Waals surface area contributed by atoms with E-state index in [9.17, 15) is 0 Å². The smallest absolute Gasteiger partial charge is 0.252 e. The Morgan fingerprint density at radius 3 is 0.990 bits per heavy atom. The van der Waals surface area contributed by atoms with E-state index in [1.165, 1.54) is 69.0 Å². The number of benzene rings is 15. The van der Waals surface area contributed by atoms with Crippen molar-refractivity contribution in [1.29, 1.82) is 0 Å². The van der Waals surface area contributed by atoms with Gasteiger partial charge in [0, 0.05) is 45.5 Å². The molecule has 15 aromatic carbocycles. The van der Waals surface area contributed by atoms with Gasteiger partial charge in [0.2, 0.25) is 0 Å². The third-order valence-corrected chi connectivity index (χ3v) is 29.4. The van der Waals surface area contributed by atoms with Gasteiger partial charge in [-0.25, -0.2) is 0 Å². The van der Waals surface area contributed by atoms with Gasteiger partial charge in [-0.05, 0) is 153 Å². The first kappa shape index (κ1) is 58.1. The van der Waals surface area contributed by atoms with Crippen LogP contribution in [0.25, 0.3) is 22.3 Å². The highest BCUT2D eigenvalue weighted by atomic mass is 28.3. The van der Waals surface area contributed by atoms with Crippen LogP contribution in [0.4, 0.5) is 51.2 Å². The maximum absolute atomic E-state index is 3.11. The summed E-state index contributed by atoms with van der Waals surface area (Å²) in [6.45, 7) is -0.214. The molecule has 0 radical (unpaired) electrons. The van der Waals surface area contributed by atoms with Crippen molar-refractivity contribution in [2.45, 2.75) is 0 Å². The van der Waals surface area contributed by atoms with Crippen molar-refractivity contribution < 1.29 is 0 Å². The zero-order valence-corrected chi connectivity index (χ0v) is 55.0. The number of hydrogen-bond acceptors (Lipinski definition) is 3. The zero-order valence-electron chi connectivity index (χ0n) is 53.0. The van der Waals surface area contributed by atoms with E-state index in [1.807, 2.05) is 0 Å². The molecule has 15 aromatic rings. The first-order valence-electron chi connectivity index (χ1n) is 33.3. The topological polar surface area (TPSA) is 9.72 Å². The van der Waals surface area contributed by atoms with Gasteiger partial charge in [-0.1, -0.05) is 328 Å². The normalized spacial score (nSPS) is 12.3. The van der Waals surface area contributed by atoms with Crippen LogP contribution in [0, 0.1) is 0 Å². The third-order valence-electron chi connectivity index (χ3n) is 19.9. The second-order valence-corrected chi connectivity index (χ2v) is 32.7. The third kappa shape index (κ3) is 9.88. The molecule has 0 N–H and O–H groups in total. The van der Waals surface area contributed by atoms with Gasteiger partial charge in [-0.2, -0.15) is 0 Å². The van der Waals surface area contributed by atoms with Crippen molar-refractivity contribution in [2.75, 3.05) is 14.7 Å². The second-order valence-electron chi connectivity index (χ2n) is 25.1. The highest BCUT2D eigenvalue weighted by Gasteiger charge is 2.48. The van der Waals surface area contributed by atoms with E-state index in [0.29, 0.717) is 0 Å². The molecule has 452 valence electrons. The second kappa shape index (κ2) is 24.9. The Morgan fingerprint density at radius 1 is 0.208 bits per heavy atom. The fraction of sp³-hybridized carbons (Fsp3) is 0. The van der Waals surface area contributed by atoms with Gasteiger partial charge in [0.05, 0.1) is 5.69 Å². The summed E-state index contributed by atoms with van der Waals surface area (Å²) >= 11 is 0. The highest BCUT2D eigenvalue weighted by molar-refractivity contribution is 7.20. The zero-order chi connectivity index (χ0) is 63.8. The minimum atomic E-state index is -3.11. The molecule has 6 heteroatoms. The summed E-state index contributed by atoms with van der Waals surface area (Å²) in [7, 11) is -6.14. The lowest BCUT2D eigenvalue weighted by Crippen LogP contribution is -2.75. The molecule has 0 fully saturated rings. The van der Waals surface area contributed by atoms with Crippen LogP contribution >= 0.6 is 0 Å². The molecule has 0 aromatic heterocycles. The molecule has 0 spiro atoms. The largest absolute Gasteiger partial charge is 0.311 e. The van der Waals surface area contributed by atoms with Crippen molar-refractivity contribution >= 4 is 132 Å². The average Bonchev–Trinajstić information content (AvgIpc) is 0.689. The van der Waals surface area contributed by atoms with Crippen LogP contribution in [0.1, 0.15) is 0 Å². The number of rotatable bonds is 15. The minimum absolute atomic E-state index is 0.214. The molecule has 17 rings (SSSR count). The van der Waals surface area contributed by atoms with E-state index in [-0.39, 0.29) is 6.71 Å². The van der Waals surface area contributed by atoms with Crippen LogP contribution in [0.3, 0.4) is 0 Å². The lowest BCUT2D eigenvalue weighted by molar-refractivity contribution is 1.23. The van der Waals surface area contributed by atoms with Crippen molar-refractivity contribution in [3.63, 3.8) is 0 Å². The quantitative estimate of drug-likeness (QED) is 0.0748. The van der Waals surface area contributed by atoms with Gasteiger partial charge in [0.25, 0.3) is 6.71 Å². The fourth-order valence-electron chi connectivity index (χ4n) is 15.8. The van der Waals surface area contributed by atoms with Crippen molar-refractivity contribution in [2.24, 2.45) is 0 Å². The lowest BCUT2D eigenvalue weighted by atomic mass is 9.33. The summed E-state index contributed by atoms with van der Waals surface area (Å²) in [5.41, 5.74) is 18.2. The van der Waals surface area contributed by atoms with E-state index >= 15 is 0 Å². The van der Waals surface area contributed by atoms with Gasteiger partial charge < -0.3 is 14.7 Å². The van der Waals surface area contributed by atoms with Crippen LogP contribution in [-0.2, 0) is 0 Å². The van der Waals surface area contributed by atoms with Crippen LogP contribution in [-0.4, -0.2) is 22.9 Å². The Kier molecular flexibility index (Phi) is 15.1. The van der Waals surface area contributed by atoms with Gasteiger partial charge in [0.15, 0.2) is 16.1 Å². The summed E-state index contributed by atoms with van der Waals surface area (Å²) in [6, 6.07) is 151. The molecular weight excluding hydrogens is 1190 g/mol. The van der Waals surface area contributed by atoms with Gasteiger partial charge in [0.1, 0.15) is 0 Å². The molecule has 0 saturated heterocycles. The van der Waals surface area contributed by atoms with E-state index in [2.05, 4.69) is 415 Å². The molecule has 0 amide bonds. The molecule has 0 bridgehead atoms. The number of fused-ring (bicyclic) bond motifs is 4. The molecule has 2 heterocycles. The van der Waals surface area contributed by atoms with E-state index in [4.69, 9.17) is 0 Å². The molecule has 0 saturated carbocycles.